The number of hydrogen-bond donors (Lipinski definition) is 2. The van der Waals surface area contributed by atoms with E-state index in [1.54, 1.807) is 23.2 Å². The molecule has 0 unspecified atom stereocenters. The third-order valence-corrected chi connectivity index (χ3v) is 3.80. The molecule has 23 heavy (non-hydrogen) atoms. The molecule has 1 aromatic heterocycles. The largest absolute Gasteiger partial charge is 0.367 e. The Hall–Kier alpha value is -2.62. The maximum atomic E-state index is 12.1. The second-order valence-electron chi connectivity index (χ2n) is 5.77. The lowest BCUT2D eigenvalue weighted by atomic mass is 10.1. The summed E-state index contributed by atoms with van der Waals surface area (Å²) in [5, 5.41) is 14.8. The number of nitriles is 1. The lowest BCUT2D eigenvalue weighted by Crippen LogP contribution is -2.37. The van der Waals surface area contributed by atoms with Gasteiger partial charge in [-0.2, -0.15) is 5.26 Å². The van der Waals surface area contributed by atoms with Gasteiger partial charge < -0.3 is 15.5 Å². The first kappa shape index (κ1) is 16.7. The van der Waals surface area contributed by atoms with Crippen LogP contribution >= 0.6 is 0 Å². The zero-order chi connectivity index (χ0) is 16.8. The maximum Gasteiger partial charge on any atom is 0.225 e. The average molecular weight is 315 g/mol. The number of nitrogens with zero attached hydrogens (tertiary/aromatic N) is 3. The summed E-state index contributed by atoms with van der Waals surface area (Å²) in [4.78, 5) is 29.7. The average Bonchev–Trinajstić information content (AvgIpc) is 2.94. The van der Waals surface area contributed by atoms with Gasteiger partial charge in [-0.05, 0) is 26.0 Å². The Bertz CT molecular complexity index is 623. The highest BCUT2D eigenvalue weighted by Crippen LogP contribution is 2.20. The van der Waals surface area contributed by atoms with Crippen LogP contribution in [-0.4, -0.2) is 47.4 Å². The van der Waals surface area contributed by atoms with Crippen molar-refractivity contribution in [2.24, 2.45) is 5.92 Å². The van der Waals surface area contributed by atoms with Gasteiger partial charge in [-0.25, -0.2) is 4.98 Å². The van der Waals surface area contributed by atoms with E-state index >= 15 is 0 Å². The minimum absolute atomic E-state index is 0.0328. The van der Waals surface area contributed by atoms with Gasteiger partial charge in [0, 0.05) is 38.3 Å². The van der Waals surface area contributed by atoms with E-state index in [0.29, 0.717) is 31.0 Å². The normalized spacial score (nSPS) is 17.2. The Morgan fingerprint density at radius 1 is 1.52 bits per heavy atom. The number of rotatable bonds is 6. The molecule has 1 aromatic rings. The molecule has 2 N–H and O–H groups in total. The van der Waals surface area contributed by atoms with Crippen LogP contribution in [0.1, 0.15) is 25.8 Å². The number of pyridine rings is 1. The van der Waals surface area contributed by atoms with Crippen LogP contribution in [-0.2, 0) is 9.59 Å². The van der Waals surface area contributed by atoms with Crippen LogP contribution < -0.4 is 10.6 Å². The lowest BCUT2D eigenvalue weighted by Gasteiger charge is -2.20. The van der Waals surface area contributed by atoms with E-state index in [0.717, 1.165) is 0 Å². The van der Waals surface area contributed by atoms with E-state index in [1.807, 2.05) is 13.8 Å². The summed E-state index contributed by atoms with van der Waals surface area (Å²) in [5.74, 6) is 0.149. The third-order valence-electron chi connectivity index (χ3n) is 3.80. The van der Waals surface area contributed by atoms with Gasteiger partial charge in [-0.1, -0.05) is 0 Å². The van der Waals surface area contributed by atoms with Gasteiger partial charge in [0.05, 0.1) is 11.5 Å². The summed E-state index contributed by atoms with van der Waals surface area (Å²) >= 11 is 0. The molecule has 1 aliphatic rings. The van der Waals surface area contributed by atoms with Crippen molar-refractivity contribution in [3.63, 3.8) is 0 Å². The predicted molar refractivity (Wildman–Crippen MR) is 85.4 cm³/mol. The molecule has 2 heterocycles. The lowest BCUT2D eigenvalue weighted by molar-refractivity contribution is -0.129. The Morgan fingerprint density at radius 3 is 2.96 bits per heavy atom. The van der Waals surface area contributed by atoms with Crippen molar-refractivity contribution in [3.05, 3.63) is 23.9 Å². The molecule has 0 saturated carbocycles. The fourth-order valence-electron chi connectivity index (χ4n) is 2.55. The number of nitrogens with one attached hydrogen (secondary N) is 2. The Balaban J connectivity index is 1.76. The number of amides is 2. The van der Waals surface area contributed by atoms with Crippen molar-refractivity contribution in [2.75, 3.05) is 25.0 Å². The van der Waals surface area contributed by atoms with E-state index in [4.69, 9.17) is 5.26 Å². The topological polar surface area (TPSA) is 98.1 Å². The van der Waals surface area contributed by atoms with Crippen LogP contribution in [0, 0.1) is 17.2 Å². The van der Waals surface area contributed by atoms with Crippen molar-refractivity contribution < 1.29 is 9.59 Å². The molecular weight excluding hydrogens is 294 g/mol. The van der Waals surface area contributed by atoms with E-state index in [1.165, 1.54) is 0 Å². The van der Waals surface area contributed by atoms with Gasteiger partial charge >= 0.3 is 0 Å². The van der Waals surface area contributed by atoms with Crippen LogP contribution in [0.5, 0.6) is 0 Å². The van der Waals surface area contributed by atoms with Crippen LogP contribution in [0.3, 0.4) is 0 Å². The molecule has 7 heteroatoms. The highest BCUT2D eigenvalue weighted by molar-refractivity contribution is 5.89. The monoisotopic (exact) mass is 315 g/mol. The van der Waals surface area contributed by atoms with Crippen LogP contribution in [0.25, 0.3) is 0 Å². The number of hydrogen-bond acceptors (Lipinski definition) is 5. The van der Waals surface area contributed by atoms with Gasteiger partial charge in [0.1, 0.15) is 11.9 Å². The van der Waals surface area contributed by atoms with Crippen molar-refractivity contribution in [3.8, 4) is 6.07 Å². The van der Waals surface area contributed by atoms with Gasteiger partial charge in [0.25, 0.3) is 0 Å². The van der Waals surface area contributed by atoms with E-state index in [2.05, 4.69) is 21.7 Å². The quantitative estimate of drug-likeness (QED) is 0.754. The SMILES string of the molecule is CC(C)N1C[C@H](C(=O)NCCNc2ncccc2C#N)CC1=O. The third kappa shape index (κ3) is 4.19. The second-order valence-corrected chi connectivity index (χ2v) is 5.77. The molecule has 0 spiro atoms. The smallest absolute Gasteiger partial charge is 0.225 e. The first-order chi connectivity index (χ1) is 11.0. The summed E-state index contributed by atoms with van der Waals surface area (Å²) in [5.41, 5.74) is 0.466. The van der Waals surface area contributed by atoms with Gasteiger partial charge in [0.2, 0.25) is 11.8 Å². The van der Waals surface area contributed by atoms with Crippen LogP contribution in [0.2, 0.25) is 0 Å². The predicted octanol–water partition coefficient (Wildman–Crippen LogP) is 0.738. The molecule has 7 nitrogen and oxygen atoms in total. The molecule has 0 bridgehead atoms. The maximum absolute atomic E-state index is 12.1. The van der Waals surface area contributed by atoms with Gasteiger partial charge in [-0.3, -0.25) is 9.59 Å². The van der Waals surface area contributed by atoms with Crippen molar-refractivity contribution in [2.45, 2.75) is 26.3 Å². The highest BCUT2D eigenvalue weighted by Gasteiger charge is 2.35. The minimum atomic E-state index is -0.283. The van der Waals surface area contributed by atoms with Crippen molar-refractivity contribution in [1.82, 2.24) is 15.2 Å². The van der Waals surface area contributed by atoms with E-state index in [9.17, 15) is 9.59 Å². The molecule has 2 amide bonds. The van der Waals surface area contributed by atoms with Gasteiger partial charge in [-0.15, -0.1) is 0 Å². The highest BCUT2D eigenvalue weighted by atomic mass is 16.2. The fourth-order valence-corrected chi connectivity index (χ4v) is 2.55. The summed E-state index contributed by atoms with van der Waals surface area (Å²) in [6.07, 6.45) is 1.88. The standard InChI is InChI=1S/C16H21N5O2/c1-11(2)21-10-13(8-14(21)22)16(23)20-7-6-19-15-12(9-17)4-3-5-18-15/h3-5,11,13H,6-8,10H2,1-2H3,(H,18,19)(H,20,23)/t13-/m1/s1. The minimum Gasteiger partial charge on any atom is -0.367 e. The molecule has 1 atom stereocenters. The number of likely N-dealkylation sites (tertiary alicyclic amines) is 1. The Kier molecular flexibility index (Phi) is 5.52. The Labute approximate surface area is 135 Å². The van der Waals surface area contributed by atoms with Gasteiger partial charge in [0.15, 0.2) is 0 Å². The molecule has 0 aromatic carbocycles. The zero-order valence-electron chi connectivity index (χ0n) is 13.4. The summed E-state index contributed by atoms with van der Waals surface area (Å²) in [6, 6.07) is 5.55. The summed E-state index contributed by atoms with van der Waals surface area (Å²) in [7, 11) is 0. The summed E-state index contributed by atoms with van der Waals surface area (Å²) < 4.78 is 0. The number of carbonyl (C=O) groups is 2. The van der Waals surface area contributed by atoms with E-state index in [-0.39, 0.29) is 30.2 Å². The first-order valence-corrected chi connectivity index (χ1v) is 7.69. The molecule has 0 radical (unpaired) electrons. The molecule has 2 rings (SSSR count). The molecule has 1 saturated heterocycles. The summed E-state index contributed by atoms with van der Waals surface area (Å²) in [6.45, 7) is 5.25. The van der Waals surface area contributed by atoms with Crippen molar-refractivity contribution in [1.29, 1.82) is 5.26 Å². The van der Waals surface area contributed by atoms with Crippen LogP contribution in [0.15, 0.2) is 18.3 Å². The number of carbonyl (C=O) groups excluding carboxylic acids is 2. The zero-order valence-corrected chi connectivity index (χ0v) is 13.4. The van der Waals surface area contributed by atoms with E-state index < -0.39 is 0 Å². The van der Waals surface area contributed by atoms with Crippen molar-refractivity contribution >= 4 is 17.6 Å². The first-order valence-electron chi connectivity index (χ1n) is 7.69. The number of aromatic nitrogens is 1. The fraction of sp³-hybridized carbons (Fsp3) is 0.500. The number of anilines is 1. The molecule has 122 valence electrons. The second kappa shape index (κ2) is 7.58. The molecule has 1 fully saturated rings. The Morgan fingerprint density at radius 2 is 2.30 bits per heavy atom. The molecular formula is C16H21N5O2. The molecule has 0 aliphatic carbocycles. The van der Waals surface area contributed by atoms with Crippen LogP contribution in [0.4, 0.5) is 5.82 Å². The molecule has 1 aliphatic heterocycles.